The molecule has 16 nitrogen and oxygen atoms in total. The first-order valence-corrected chi connectivity index (χ1v) is 15.3. The van der Waals surface area contributed by atoms with E-state index in [1.165, 1.54) is 26.7 Å². The Hall–Kier alpha value is -3.55. The Kier molecular flexibility index (Phi) is 8.85. The number of aromatic nitrogens is 5. The highest BCUT2D eigenvalue weighted by Gasteiger charge is 2.57. The second-order valence-electron chi connectivity index (χ2n) is 9.29. The average Bonchev–Trinajstić information content (AvgIpc) is 3.74. The van der Waals surface area contributed by atoms with Gasteiger partial charge in [0.15, 0.2) is 10.8 Å². The number of aliphatic hydroxyl groups is 1. The Balaban J connectivity index is 1.26. The Morgan fingerprint density at radius 3 is 2.98 bits per heavy atom. The van der Waals surface area contributed by atoms with Gasteiger partial charge in [-0.05, 0) is 29.3 Å². The minimum absolute atomic E-state index is 0.0509. The van der Waals surface area contributed by atoms with E-state index in [1.54, 1.807) is 0 Å². The molecular formula is C22H25N9O7S3. The second-order valence-corrected chi connectivity index (χ2v) is 12.2. The lowest BCUT2D eigenvalue weighted by Crippen LogP contribution is -2.74. The molecule has 2 saturated heterocycles. The van der Waals surface area contributed by atoms with Crippen LogP contribution in [-0.4, -0.2) is 112 Å². The first-order valence-electron chi connectivity index (χ1n) is 12.4. The number of carboxylic acid groups (broad SMARTS) is 1. The first kappa shape index (κ1) is 29.0. The van der Waals surface area contributed by atoms with Crippen molar-refractivity contribution in [2.24, 2.45) is 10.6 Å². The molecule has 3 unspecified atom stereocenters. The average molecular weight is 624 g/mol. The summed E-state index contributed by atoms with van der Waals surface area (Å²) in [7, 11) is 0. The number of aliphatic hydroxyl groups excluding tert-OH is 1. The van der Waals surface area contributed by atoms with E-state index < -0.39 is 34.6 Å². The Morgan fingerprint density at radius 1 is 1.39 bits per heavy atom. The summed E-state index contributed by atoms with van der Waals surface area (Å²) in [5.41, 5.74) is -1.25. The number of allylic oxidation sites excluding steroid dienone is 1. The van der Waals surface area contributed by atoms with Crippen LogP contribution in [0.3, 0.4) is 0 Å². The predicted octanol–water partition coefficient (Wildman–Crippen LogP) is -0.607. The summed E-state index contributed by atoms with van der Waals surface area (Å²) in [6, 6.07) is -0.897. The number of hydrogen-bond acceptors (Lipinski definition) is 14. The van der Waals surface area contributed by atoms with Crippen LogP contribution in [-0.2, 0) is 30.6 Å². The number of carbonyl (C=O) groups is 4. The summed E-state index contributed by atoms with van der Waals surface area (Å²) in [6.07, 6.45) is 5.49. The monoisotopic (exact) mass is 623 g/mol. The zero-order valence-corrected chi connectivity index (χ0v) is 23.7. The lowest BCUT2D eigenvalue weighted by Gasteiger charge is -2.53. The van der Waals surface area contributed by atoms with Crippen LogP contribution in [0.15, 0.2) is 27.8 Å². The molecule has 2 aliphatic heterocycles. The van der Waals surface area contributed by atoms with Gasteiger partial charge in [0, 0.05) is 23.4 Å². The number of β-lactam (4-membered cyclic amide) rings is 1. The van der Waals surface area contributed by atoms with E-state index in [0.29, 0.717) is 18.0 Å². The Labute approximate surface area is 244 Å². The predicted molar refractivity (Wildman–Crippen MR) is 147 cm³/mol. The minimum atomic E-state index is -1.27. The molecule has 3 amide bonds. The molecule has 218 valence electrons. The molecule has 2 aromatic rings. The van der Waals surface area contributed by atoms with Crippen LogP contribution in [0.5, 0.6) is 0 Å². The van der Waals surface area contributed by atoms with E-state index in [2.05, 4.69) is 36.3 Å². The maximum atomic E-state index is 13.3. The number of carboxylic acids is 1. The zero-order valence-electron chi connectivity index (χ0n) is 21.3. The molecule has 41 heavy (non-hydrogen) atoms. The fourth-order valence-corrected chi connectivity index (χ4v) is 7.79. The quantitative estimate of drug-likeness (QED) is 0.0548. The fourth-order valence-electron chi connectivity index (χ4n) is 4.37. The number of thioether (sulfide) groups is 2. The van der Waals surface area contributed by atoms with Gasteiger partial charge >= 0.3 is 5.97 Å². The van der Waals surface area contributed by atoms with Crippen LogP contribution in [0.2, 0.25) is 0 Å². The van der Waals surface area contributed by atoms with Crippen molar-refractivity contribution >= 4 is 69.9 Å². The number of carbonyl (C=O) groups excluding carboxylic acids is 3. The number of nitrogens with zero attached hydrogens (tertiary/aromatic N) is 7. The van der Waals surface area contributed by atoms with Crippen molar-refractivity contribution < 1.29 is 34.2 Å². The van der Waals surface area contributed by atoms with Crippen LogP contribution < -0.4 is 10.6 Å². The van der Waals surface area contributed by atoms with Crippen molar-refractivity contribution in [2.75, 3.05) is 30.0 Å². The third kappa shape index (κ3) is 6.07. The van der Waals surface area contributed by atoms with Gasteiger partial charge in [0.1, 0.15) is 28.6 Å². The van der Waals surface area contributed by atoms with Gasteiger partial charge in [-0.25, -0.2) is 9.67 Å². The van der Waals surface area contributed by atoms with Gasteiger partial charge in [-0.2, -0.15) is 0 Å². The van der Waals surface area contributed by atoms with E-state index in [-0.39, 0.29) is 53.8 Å². The highest BCUT2D eigenvalue weighted by Crippen LogP contribution is 2.44. The van der Waals surface area contributed by atoms with E-state index in [4.69, 9.17) is 4.84 Å². The Morgan fingerprint density at radius 2 is 2.24 bits per heavy atom. The summed E-state index contributed by atoms with van der Waals surface area (Å²) >= 11 is 3.50. The summed E-state index contributed by atoms with van der Waals surface area (Å²) in [6.45, 7) is -0.0581. The highest BCUT2D eigenvalue weighted by atomic mass is 32.2. The largest absolute Gasteiger partial charge is 0.481 e. The van der Waals surface area contributed by atoms with Crippen LogP contribution in [0.1, 0.15) is 18.5 Å². The number of nitrogens with one attached hydrogen (secondary N) is 2. The van der Waals surface area contributed by atoms with E-state index in [9.17, 15) is 29.4 Å². The number of hydrogen-bond donors (Lipinski definition) is 4. The number of oxime groups is 1. The maximum Gasteiger partial charge on any atom is 0.313 e. The van der Waals surface area contributed by atoms with Crippen LogP contribution in [0.4, 0.5) is 5.13 Å². The molecule has 2 aromatic heterocycles. The number of thiazole rings is 1. The third-order valence-corrected chi connectivity index (χ3v) is 10.2. The van der Waals surface area contributed by atoms with E-state index in [0.717, 1.165) is 29.5 Å². The molecular weight excluding hydrogens is 598 g/mol. The molecule has 3 aliphatic rings. The van der Waals surface area contributed by atoms with Gasteiger partial charge in [-0.1, -0.05) is 23.0 Å². The van der Waals surface area contributed by atoms with E-state index in [1.807, 2.05) is 12.2 Å². The summed E-state index contributed by atoms with van der Waals surface area (Å²) in [4.78, 5) is 60.8. The lowest BCUT2D eigenvalue weighted by molar-refractivity contribution is -0.157. The second kappa shape index (κ2) is 12.5. The van der Waals surface area contributed by atoms with Gasteiger partial charge in [0.25, 0.3) is 5.91 Å². The van der Waals surface area contributed by atoms with Gasteiger partial charge < -0.3 is 30.6 Å². The van der Waals surface area contributed by atoms with Crippen molar-refractivity contribution in [1.82, 2.24) is 35.4 Å². The van der Waals surface area contributed by atoms with E-state index >= 15 is 0 Å². The van der Waals surface area contributed by atoms with Crippen molar-refractivity contribution in [3.63, 3.8) is 0 Å². The summed E-state index contributed by atoms with van der Waals surface area (Å²) in [5.74, 6) is -1.89. The van der Waals surface area contributed by atoms with Crippen molar-refractivity contribution in [1.29, 1.82) is 0 Å². The molecule has 5 rings (SSSR count). The van der Waals surface area contributed by atoms with Crippen LogP contribution in [0.25, 0.3) is 0 Å². The van der Waals surface area contributed by atoms with Crippen LogP contribution >= 0.6 is 34.9 Å². The molecule has 4 atom stereocenters. The lowest BCUT2D eigenvalue weighted by atomic mass is 9.89. The number of tetrazole rings is 1. The maximum absolute atomic E-state index is 13.3. The first-order chi connectivity index (χ1) is 19.8. The number of anilines is 1. The molecule has 2 fully saturated rings. The molecule has 4 heterocycles. The van der Waals surface area contributed by atoms with Crippen molar-refractivity contribution in [3.8, 4) is 0 Å². The van der Waals surface area contributed by atoms with Crippen molar-refractivity contribution in [2.45, 2.75) is 42.1 Å². The van der Waals surface area contributed by atoms with Gasteiger partial charge in [0.2, 0.25) is 17.5 Å². The third-order valence-electron chi connectivity index (χ3n) is 6.57. The molecule has 4 N–H and O–H groups in total. The normalized spacial score (nSPS) is 25.4. The highest BCUT2D eigenvalue weighted by molar-refractivity contribution is 8.00. The Bertz CT molecular complexity index is 1380. The molecule has 0 spiro atoms. The molecule has 0 saturated carbocycles. The van der Waals surface area contributed by atoms with Gasteiger partial charge in [0.05, 0.1) is 13.2 Å². The van der Waals surface area contributed by atoms with Gasteiger partial charge in [-0.3, -0.25) is 19.2 Å². The molecule has 0 aromatic carbocycles. The molecule has 1 aliphatic carbocycles. The SMILES string of the molecule is O=CNc1nc(C(=NOC2C=CCC2)C(=O)NC2C(=O)N3CC(CSc4nnnn4CCO)(C(=O)O)CS[C@H]23)cs1. The minimum Gasteiger partial charge on any atom is -0.481 e. The van der Waals surface area contributed by atoms with Crippen LogP contribution in [0, 0.1) is 5.41 Å². The standard InChI is InChI=1S/C22H25N9O7S3/c32-6-5-31-21(26-28-29-31)41-10-22(19(36)37)8-30-17(35)15(18(30)40-9-22)25-16(34)14(27-38-12-3-1-2-4-12)13-7-39-20(24-13)23-11-33/h1,3,7,11-12,15,18,32H,2,4-6,8-10H2,(H,25,34)(H,36,37)(H,23,24,33)/t12?,15?,18-,22?/m1/s1. The summed E-state index contributed by atoms with van der Waals surface area (Å²) < 4.78 is 1.38. The number of rotatable bonds is 13. The van der Waals surface area contributed by atoms with Gasteiger partial charge in [-0.15, -0.1) is 28.2 Å². The summed E-state index contributed by atoms with van der Waals surface area (Å²) in [5, 5.41) is 41.4. The van der Waals surface area contributed by atoms with Crippen molar-refractivity contribution in [3.05, 3.63) is 23.2 Å². The molecule has 0 radical (unpaired) electrons. The topological polar surface area (TPSA) is 214 Å². The molecule has 0 bridgehead atoms. The zero-order chi connectivity index (χ0) is 29.0. The number of aliphatic carboxylic acids is 1. The fraction of sp³-hybridized carbons (Fsp3) is 0.500. The number of fused-ring (bicyclic) bond motifs is 1. The molecule has 19 heteroatoms. The number of amides is 3. The smallest absolute Gasteiger partial charge is 0.313 e.